The summed E-state index contributed by atoms with van der Waals surface area (Å²) < 4.78 is 30.2. The second-order valence-electron chi connectivity index (χ2n) is 7.84. The van der Waals surface area contributed by atoms with Crippen LogP contribution in [-0.4, -0.2) is 37.7 Å². The molecule has 0 atom stereocenters. The summed E-state index contributed by atoms with van der Waals surface area (Å²) in [6.07, 6.45) is 6.62. The third kappa shape index (κ3) is 4.14. The number of sulfonamides is 1. The van der Waals surface area contributed by atoms with Gasteiger partial charge in [0.05, 0.1) is 11.1 Å². The van der Waals surface area contributed by atoms with Crippen LogP contribution in [0.25, 0.3) is 10.1 Å². The van der Waals surface area contributed by atoms with Crippen molar-refractivity contribution in [2.45, 2.75) is 36.5 Å². The molecule has 0 radical (unpaired) electrons. The molecule has 1 amide bonds. The minimum Gasteiger partial charge on any atom is -0.354 e. The molecule has 1 aromatic carbocycles. The zero-order valence-corrected chi connectivity index (χ0v) is 18.7. The van der Waals surface area contributed by atoms with Crippen LogP contribution < -0.4 is 10.0 Å². The minimum absolute atomic E-state index is 0.0300. The predicted octanol–water partition coefficient (Wildman–Crippen LogP) is 3.25. The molecule has 160 valence electrons. The van der Waals surface area contributed by atoms with Crippen LogP contribution in [0, 0.1) is 5.92 Å². The van der Waals surface area contributed by atoms with Gasteiger partial charge in [-0.25, -0.2) is 13.1 Å². The normalized spacial score (nSPS) is 19.8. The highest BCUT2D eigenvalue weighted by molar-refractivity contribution is 7.89. The molecule has 2 N–H and O–H groups in total. The molecule has 4 rings (SSSR count). The number of benzene rings is 1. The van der Waals surface area contributed by atoms with Crippen LogP contribution in [-0.2, 0) is 17.1 Å². The van der Waals surface area contributed by atoms with Gasteiger partial charge >= 0.3 is 0 Å². The SMILES string of the molecule is CNC(=O)c1sc2ccccc2c1C1CCC(CNS(=O)(=O)c2cnn(C)c2)CC1. The van der Waals surface area contributed by atoms with Gasteiger partial charge in [0, 0.05) is 31.5 Å². The Hall–Kier alpha value is -2.23. The fourth-order valence-electron chi connectivity index (χ4n) is 4.26. The first-order chi connectivity index (χ1) is 14.4. The Morgan fingerprint density at radius 2 is 1.97 bits per heavy atom. The molecule has 1 saturated carbocycles. The lowest BCUT2D eigenvalue weighted by Gasteiger charge is -2.29. The summed E-state index contributed by atoms with van der Waals surface area (Å²) in [6.45, 7) is 0.427. The van der Waals surface area contributed by atoms with Crippen molar-refractivity contribution in [3.8, 4) is 0 Å². The molecule has 1 aliphatic carbocycles. The number of thiophene rings is 1. The Labute approximate surface area is 180 Å². The van der Waals surface area contributed by atoms with Crippen LogP contribution in [0.2, 0.25) is 0 Å². The van der Waals surface area contributed by atoms with E-state index < -0.39 is 10.0 Å². The minimum atomic E-state index is -3.53. The molecule has 9 heteroatoms. The molecule has 7 nitrogen and oxygen atoms in total. The lowest BCUT2D eigenvalue weighted by atomic mass is 9.78. The number of hydrogen-bond acceptors (Lipinski definition) is 5. The molecule has 0 unspecified atom stereocenters. The highest BCUT2D eigenvalue weighted by atomic mass is 32.2. The smallest absolute Gasteiger partial charge is 0.261 e. The second-order valence-corrected chi connectivity index (χ2v) is 10.7. The number of aryl methyl sites for hydroxylation is 1. The highest BCUT2D eigenvalue weighted by Gasteiger charge is 2.29. The van der Waals surface area contributed by atoms with Crippen LogP contribution in [0.3, 0.4) is 0 Å². The Morgan fingerprint density at radius 1 is 1.23 bits per heavy atom. The van der Waals surface area contributed by atoms with Crippen LogP contribution in [0.4, 0.5) is 0 Å². The zero-order chi connectivity index (χ0) is 21.3. The molecular weight excluding hydrogens is 420 g/mol. The second kappa shape index (κ2) is 8.49. The van der Waals surface area contributed by atoms with E-state index in [0.29, 0.717) is 18.4 Å². The van der Waals surface area contributed by atoms with Gasteiger partial charge in [-0.05, 0) is 54.5 Å². The number of nitrogens with zero attached hydrogens (tertiary/aromatic N) is 2. The Kier molecular flexibility index (Phi) is 5.95. The van der Waals surface area contributed by atoms with Gasteiger partial charge in [-0.1, -0.05) is 18.2 Å². The van der Waals surface area contributed by atoms with Gasteiger partial charge in [0.15, 0.2) is 0 Å². The zero-order valence-electron chi connectivity index (χ0n) is 17.1. The quantitative estimate of drug-likeness (QED) is 0.608. The van der Waals surface area contributed by atoms with Crippen molar-refractivity contribution < 1.29 is 13.2 Å². The first-order valence-electron chi connectivity index (χ1n) is 10.1. The number of amides is 1. The largest absolute Gasteiger partial charge is 0.354 e. The van der Waals surface area contributed by atoms with E-state index in [1.165, 1.54) is 22.5 Å². The van der Waals surface area contributed by atoms with E-state index in [-0.39, 0.29) is 10.8 Å². The van der Waals surface area contributed by atoms with Crippen molar-refractivity contribution in [3.05, 3.63) is 47.1 Å². The van der Waals surface area contributed by atoms with E-state index in [0.717, 1.165) is 40.8 Å². The molecule has 2 heterocycles. The number of carbonyl (C=O) groups excluding carboxylic acids is 1. The first-order valence-corrected chi connectivity index (χ1v) is 12.4. The molecule has 0 saturated heterocycles. The van der Waals surface area contributed by atoms with Crippen LogP contribution in [0.15, 0.2) is 41.6 Å². The lowest BCUT2D eigenvalue weighted by molar-refractivity contribution is 0.0965. The van der Waals surface area contributed by atoms with Crippen LogP contribution in [0.1, 0.15) is 46.8 Å². The highest BCUT2D eigenvalue weighted by Crippen LogP contribution is 2.43. The fourth-order valence-corrected chi connectivity index (χ4v) is 6.59. The Balaban J connectivity index is 1.44. The summed E-state index contributed by atoms with van der Waals surface area (Å²) in [5.74, 6) is 0.582. The van der Waals surface area contributed by atoms with Crippen molar-refractivity contribution in [1.29, 1.82) is 0 Å². The number of aromatic nitrogens is 2. The van der Waals surface area contributed by atoms with Crippen LogP contribution in [0.5, 0.6) is 0 Å². The number of nitrogens with one attached hydrogen (secondary N) is 2. The van der Waals surface area contributed by atoms with E-state index in [2.05, 4.69) is 27.3 Å². The van der Waals surface area contributed by atoms with E-state index in [4.69, 9.17) is 0 Å². The van der Waals surface area contributed by atoms with Crippen molar-refractivity contribution in [2.24, 2.45) is 13.0 Å². The monoisotopic (exact) mass is 446 g/mol. The van der Waals surface area contributed by atoms with Gasteiger partial charge in [0.1, 0.15) is 4.90 Å². The fraction of sp³-hybridized carbons (Fsp3) is 0.429. The molecule has 2 aromatic heterocycles. The standard InChI is InChI=1S/C21H26N4O3S2/c1-22-21(26)20-19(17-5-3-4-6-18(17)29-20)15-9-7-14(8-10-15)11-24-30(27,28)16-12-23-25(2)13-16/h3-6,12-15,24H,7-11H2,1-2H3,(H,22,26). The van der Waals surface area contributed by atoms with E-state index in [1.807, 2.05) is 12.1 Å². The number of fused-ring (bicyclic) bond motifs is 1. The maximum atomic E-state index is 12.5. The predicted molar refractivity (Wildman–Crippen MR) is 118 cm³/mol. The summed E-state index contributed by atoms with van der Waals surface area (Å²) in [4.78, 5) is 13.5. The van der Waals surface area contributed by atoms with Gasteiger partial charge in [0.25, 0.3) is 5.91 Å². The summed E-state index contributed by atoms with van der Waals surface area (Å²) in [7, 11) is -0.166. The van der Waals surface area contributed by atoms with Crippen molar-refractivity contribution in [2.75, 3.05) is 13.6 Å². The van der Waals surface area contributed by atoms with E-state index in [9.17, 15) is 13.2 Å². The summed E-state index contributed by atoms with van der Waals surface area (Å²) in [5, 5.41) is 7.88. The lowest BCUT2D eigenvalue weighted by Crippen LogP contribution is -2.31. The van der Waals surface area contributed by atoms with Crippen LogP contribution >= 0.6 is 11.3 Å². The molecule has 0 aliphatic heterocycles. The van der Waals surface area contributed by atoms with Crippen molar-refractivity contribution >= 4 is 37.4 Å². The van der Waals surface area contributed by atoms with Gasteiger partial charge in [-0.3, -0.25) is 9.48 Å². The van der Waals surface area contributed by atoms with Crippen molar-refractivity contribution in [1.82, 2.24) is 19.8 Å². The molecule has 0 spiro atoms. The molecule has 30 heavy (non-hydrogen) atoms. The van der Waals surface area contributed by atoms with Gasteiger partial charge in [-0.2, -0.15) is 5.10 Å². The average Bonchev–Trinajstić information content (AvgIpc) is 3.36. The van der Waals surface area contributed by atoms with Gasteiger partial charge in [0.2, 0.25) is 10.0 Å². The summed E-state index contributed by atoms with van der Waals surface area (Å²) in [6, 6.07) is 8.18. The summed E-state index contributed by atoms with van der Waals surface area (Å²) >= 11 is 1.55. The molecule has 0 bridgehead atoms. The average molecular weight is 447 g/mol. The first kappa shape index (κ1) is 21.0. The van der Waals surface area contributed by atoms with Gasteiger partial charge in [-0.15, -0.1) is 11.3 Å². The van der Waals surface area contributed by atoms with E-state index in [1.54, 1.807) is 25.4 Å². The number of hydrogen-bond donors (Lipinski definition) is 2. The number of carbonyl (C=O) groups is 1. The molecule has 3 aromatic rings. The van der Waals surface area contributed by atoms with E-state index >= 15 is 0 Å². The third-order valence-corrected chi connectivity index (χ3v) is 8.44. The van der Waals surface area contributed by atoms with Gasteiger partial charge < -0.3 is 5.32 Å². The Bertz CT molecular complexity index is 1160. The maximum absolute atomic E-state index is 12.5. The summed E-state index contributed by atoms with van der Waals surface area (Å²) in [5.41, 5.74) is 1.16. The number of rotatable bonds is 6. The third-order valence-electron chi connectivity index (χ3n) is 5.88. The molecule has 1 fully saturated rings. The Morgan fingerprint density at radius 3 is 2.63 bits per heavy atom. The topological polar surface area (TPSA) is 93.1 Å². The van der Waals surface area contributed by atoms with Crippen molar-refractivity contribution in [3.63, 3.8) is 0 Å². The molecule has 1 aliphatic rings. The molecular formula is C21H26N4O3S2. The maximum Gasteiger partial charge on any atom is 0.261 e.